The van der Waals surface area contributed by atoms with Crippen molar-refractivity contribution in [3.8, 4) is 0 Å². The van der Waals surface area contributed by atoms with E-state index in [-0.39, 0.29) is 11.2 Å². The maximum atomic E-state index is 11.4. The topological polar surface area (TPSA) is 40.5 Å². The normalized spacial score (nSPS) is 27.5. The molecule has 3 rings (SSSR count). The summed E-state index contributed by atoms with van der Waals surface area (Å²) in [5, 5.41) is 22.7. The van der Waals surface area contributed by atoms with Gasteiger partial charge in [0.05, 0.1) is 6.10 Å². The van der Waals surface area contributed by atoms with E-state index in [1.165, 1.54) is 0 Å². The number of aliphatic hydroxyl groups excluding tert-OH is 1. The fraction of sp³-hybridized carbons (Fsp3) is 0.286. The Morgan fingerprint density at radius 1 is 1.17 bits per heavy atom. The Kier molecular flexibility index (Phi) is 4.98. The predicted octanol–water partition coefficient (Wildman–Crippen LogP) is 3.86. The average molecular weight is 338 g/mol. The third kappa shape index (κ3) is 2.97. The molecular formula is C21H22O2S. The maximum Gasteiger partial charge on any atom is 0.105 e. The van der Waals surface area contributed by atoms with Crippen molar-refractivity contribution in [1.82, 2.24) is 0 Å². The zero-order valence-electron chi connectivity index (χ0n) is 13.7. The Bertz CT molecular complexity index is 737. The van der Waals surface area contributed by atoms with Gasteiger partial charge >= 0.3 is 0 Å². The van der Waals surface area contributed by atoms with Crippen LogP contribution in [0.15, 0.2) is 73.0 Å². The summed E-state index contributed by atoms with van der Waals surface area (Å²) in [6.45, 7) is 5.83. The minimum atomic E-state index is -1.07. The number of hydrogen-bond donors (Lipinski definition) is 2. The van der Waals surface area contributed by atoms with Crippen molar-refractivity contribution < 1.29 is 10.2 Å². The van der Waals surface area contributed by atoms with Crippen molar-refractivity contribution >= 4 is 17.3 Å². The van der Waals surface area contributed by atoms with E-state index in [2.05, 4.69) is 19.2 Å². The zero-order chi connectivity index (χ0) is 17.2. The van der Waals surface area contributed by atoms with Crippen LogP contribution in [0.5, 0.6) is 0 Å². The summed E-state index contributed by atoms with van der Waals surface area (Å²) in [4.78, 5) is 0. The van der Waals surface area contributed by atoms with Gasteiger partial charge in [-0.15, -0.1) is 5.73 Å². The molecule has 0 radical (unpaired) electrons. The summed E-state index contributed by atoms with van der Waals surface area (Å²) >= 11 is 1.69. The van der Waals surface area contributed by atoms with E-state index in [1.54, 1.807) is 11.8 Å². The molecule has 0 aliphatic carbocycles. The third-order valence-electron chi connectivity index (χ3n) is 4.81. The fourth-order valence-electron chi connectivity index (χ4n) is 3.54. The van der Waals surface area contributed by atoms with Crippen LogP contribution in [0.3, 0.4) is 0 Å². The van der Waals surface area contributed by atoms with E-state index in [0.29, 0.717) is 11.3 Å². The molecule has 1 heterocycles. The van der Waals surface area contributed by atoms with Crippen LogP contribution in [0.25, 0.3) is 5.57 Å². The molecule has 1 aliphatic heterocycles. The lowest BCUT2D eigenvalue weighted by atomic mass is 9.75. The minimum absolute atomic E-state index is 0.122. The van der Waals surface area contributed by atoms with Crippen molar-refractivity contribution in [3.63, 3.8) is 0 Å². The predicted molar refractivity (Wildman–Crippen MR) is 101 cm³/mol. The number of hydrogen-bond acceptors (Lipinski definition) is 3. The fourth-order valence-corrected chi connectivity index (χ4v) is 5.00. The maximum absolute atomic E-state index is 11.4. The van der Waals surface area contributed by atoms with Gasteiger partial charge in [0.15, 0.2) is 0 Å². The largest absolute Gasteiger partial charge is 0.387 e. The van der Waals surface area contributed by atoms with E-state index in [1.807, 2.05) is 60.7 Å². The van der Waals surface area contributed by atoms with Crippen molar-refractivity contribution in [2.45, 2.75) is 23.9 Å². The molecule has 2 aromatic carbocycles. The van der Waals surface area contributed by atoms with Gasteiger partial charge in [-0.05, 0) is 11.1 Å². The summed E-state index contributed by atoms with van der Waals surface area (Å²) < 4.78 is 0. The number of thioether (sulfide) groups is 1. The van der Waals surface area contributed by atoms with Crippen LogP contribution in [0.1, 0.15) is 18.1 Å². The molecule has 3 heteroatoms. The first kappa shape index (κ1) is 17.1. The first-order valence-corrected chi connectivity index (χ1v) is 9.15. The molecule has 1 fully saturated rings. The first-order valence-electron chi connectivity index (χ1n) is 8.11. The van der Waals surface area contributed by atoms with Gasteiger partial charge in [-0.2, -0.15) is 11.8 Å². The second-order valence-corrected chi connectivity index (χ2v) is 7.60. The van der Waals surface area contributed by atoms with Gasteiger partial charge < -0.3 is 10.2 Å². The lowest BCUT2D eigenvalue weighted by Crippen LogP contribution is -2.43. The van der Waals surface area contributed by atoms with Crippen LogP contribution in [-0.2, 0) is 5.60 Å². The van der Waals surface area contributed by atoms with Crippen LogP contribution in [0.4, 0.5) is 0 Å². The Labute approximate surface area is 147 Å². The van der Waals surface area contributed by atoms with E-state index < -0.39 is 11.7 Å². The van der Waals surface area contributed by atoms with E-state index >= 15 is 0 Å². The minimum Gasteiger partial charge on any atom is -0.387 e. The molecular weight excluding hydrogens is 316 g/mol. The van der Waals surface area contributed by atoms with Gasteiger partial charge in [-0.3, -0.25) is 0 Å². The molecule has 1 saturated heterocycles. The molecule has 124 valence electrons. The number of aliphatic hydroxyl groups is 2. The molecule has 2 nitrogen and oxygen atoms in total. The second-order valence-electron chi connectivity index (χ2n) is 6.23. The number of rotatable bonds is 4. The van der Waals surface area contributed by atoms with Gasteiger partial charge in [0.1, 0.15) is 5.60 Å². The average Bonchev–Trinajstić information content (AvgIpc) is 2.93. The second kappa shape index (κ2) is 7.00. The zero-order valence-corrected chi connectivity index (χ0v) is 14.5. The van der Waals surface area contributed by atoms with Crippen LogP contribution >= 0.6 is 11.8 Å². The van der Waals surface area contributed by atoms with Gasteiger partial charge in [-0.1, -0.05) is 74.2 Å². The highest BCUT2D eigenvalue weighted by Gasteiger charge is 2.51. The van der Waals surface area contributed by atoms with Crippen LogP contribution in [0, 0.1) is 5.92 Å². The molecule has 0 bridgehead atoms. The van der Waals surface area contributed by atoms with Crippen molar-refractivity contribution in [1.29, 1.82) is 0 Å². The highest BCUT2D eigenvalue weighted by molar-refractivity contribution is 8.00. The quantitative estimate of drug-likeness (QED) is 0.832. The molecule has 2 aromatic rings. The summed E-state index contributed by atoms with van der Waals surface area (Å²) in [5.41, 5.74) is 4.21. The standard InChI is InChI=1S/C21H22O2S/c1-3-18(16-10-6-4-7-11-16)20(22)19-15(2)24-14-21(19,23)17-12-8-5-9-13-17/h4-13,15,19-20,22-23H,1,14H2,2H3/t15-,19+,20-,21-/m1/s1. The summed E-state index contributed by atoms with van der Waals surface area (Å²) in [6, 6.07) is 19.3. The summed E-state index contributed by atoms with van der Waals surface area (Å²) in [7, 11) is 0. The van der Waals surface area contributed by atoms with Crippen molar-refractivity contribution in [3.05, 3.63) is 84.1 Å². The van der Waals surface area contributed by atoms with Gasteiger partial charge in [0, 0.05) is 22.5 Å². The molecule has 1 aliphatic rings. The van der Waals surface area contributed by atoms with E-state index in [0.717, 1.165) is 11.1 Å². The highest BCUT2D eigenvalue weighted by atomic mass is 32.2. The lowest BCUT2D eigenvalue weighted by Gasteiger charge is -2.35. The SMILES string of the molecule is C=C=C(c1ccccc1)[C@@H](O)[C@@H]1[C@@H](C)SC[C@@]1(O)c1ccccc1. The Morgan fingerprint density at radius 3 is 2.33 bits per heavy atom. The van der Waals surface area contributed by atoms with Crippen molar-refractivity contribution in [2.75, 3.05) is 5.75 Å². The van der Waals surface area contributed by atoms with Crippen LogP contribution < -0.4 is 0 Å². The van der Waals surface area contributed by atoms with Gasteiger partial charge in [0.2, 0.25) is 0 Å². The molecule has 0 amide bonds. The van der Waals surface area contributed by atoms with E-state index in [9.17, 15) is 10.2 Å². The Morgan fingerprint density at radius 2 is 1.75 bits per heavy atom. The van der Waals surface area contributed by atoms with Gasteiger partial charge in [0.25, 0.3) is 0 Å². The smallest absolute Gasteiger partial charge is 0.105 e. The van der Waals surface area contributed by atoms with Crippen LogP contribution in [0.2, 0.25) is 0 Å². The molecule has 2 N–H and O–H groups in total. The molecule has 0 unspecified atom stereocenters. The Hall–Kier alpha value is -1.77. The highest BCUT2D eigenvalue weighted by Crippen LogP contribution is 2.49. The van der Waals surface area contributed by atoms with Crippen molar-refractivity contribution in [2.24, 2.45) is 5.92 Å². The lowest BCUT2D eigenvalue weighted by molar-refractivity contribution is -0.0337. The number of benzene rings is 2. The molecule has 0 saturated carbocycles. The van der Waals surface area contributed by atoms with E-state index in [4.69, 9.17) is 0 Å². The summed E-state index contributed by atoms with van der Waals surface area (Å²) in [6.07, 6.45) is -0.833. The third-order valence-corrected chi connectivity index (χ3v) is 6.23. The summed E-state index contributed by atoms with van der Waals surface area (Å²) in [5.74, 6) is 0.244. The molecule has 0 aromatic heterocycles. The molecule has 24 heavy (non-hydrogen) atoms. The van der Waals surface area contributed by atoms with Gasteiger partial charge in [-0.25, -0.2) is 0 Å². The monoisotopic (exact) mass is 338 g/mol. The van der Waals surface area contributed by atoms with Crippen LogP contribution in [-0.4, -0.2) is 27.3 Å². The molecule has 4 atom stereocenters. The molecule has 0 spiro atoms. The first-order chi connectivity index (χ1) is 11.6. The Balaban J connectivity index is 2.00.